The highest BCUT2D eigenvalue weighted by molar-refractivity contribution is 5.79. The molecule has 0 aromatic heterocycles. The molecule has 4 heteroatoms. The molecular formula is C8H11N3O. The van der Waals surface area contributed by atoms with Crippen molar-refractivity contribution < 1.29 is 4.84 Å². The number of hydrogen-bond donors (Lipinski definition) is 2. The molecule has 0 saturated heterocycles. The van der Waals surface area contributed by atoms with Crippen molar-refractivity contribution in [1.82, 2.24) is 0 Å². The van der Waals surface area contributed by atoms with E-state index in [-0.39, 0.29) is 0 Å². The molecule has 0 heterocycles. The van der Waals surface area contributed by atoms with Gasteiger partial charge in [0, 0.05) is 5.69 Å². The summed E-state index contributed by atoms with van der Waals surface area (Å²) in [6.07, 6.45) is 1.63. The molecule has 0 atom stereocenters. The van der Waals surface area contributed by atoms with E-state index in [4.69, 9.17) is 5.84 Å². The van der Waals surface area contributed by atoms with Gasteiger partial charge in [-0.1, -0.05) is 17.3 Å². The standard InChI is InChI=1S/C8H11N3O/c1-12-10-6-7-2-4-8(11-9)5-3-7/h2-6,11H,9H2,1H3. The molecule has 1 aromatic rings. The fourth-order valence-corrected chi connectivity index (χ4v) is 0.779. The zero-order valence-electron chi connectivity index (χ0n) is 6.82. The van der Waals surface area contributed by atoms with Crippen molar-refractivity contribution in [2.45, 2.75) is 0 Å². The van der Waals surface area contributed by atoms with Crippen LogP contribution < -0.4 is 11.3 Å². The lowest BCUT2D eigenvalue weighted by molar-refractivity contribution is 0.215. The first-order chi connectivity index (χ1) is 5.86. The smallest absolute Gasteiger partial charge is 0.106 e. The topological polar surface area (TPSA) is 59.6 Å². The predicted molar refractivity (Wildman–Crippen MR) is 48.9 cm³/mol. The summed E-state index contributed by atoms with van der Waals surface area (Å²) in [6.45, 7) is 0. The van der Waals surface area contributed by atoms with Crippen LogP contribution in [0.4, 0.5) is 5.69 Å². The molecule has 0 aliphatic carbocycles. The number of nitrogens with zero attached hydrogens (tertiary/aromatic N) is 1. The molecule has 0 spiro atoms. The van der Waals surface area contributed by atoms with Crippen LogP contribution >= 0.6 is 0 Å². The molecule has 0 aliphatic heterocycles. The highest BCUT2D eigenvalue weighted by atomic mass is 16.6. The van der Waals surface area contributed by atoms with Gasteiger partial charge in [0.2, 0.25) is 0 Å². The van der Waals surface area contributed by atoms with Crippen molar-refractivity contribution in [3.8, 4) is 0 Å². The molecule has 4 nitrogen and oxygen atoms in total. The lowest BCUT2D eigenvalue weighted by Crippen LogP contribution is -2.06. The van der Waals surface area contributed by atoms with Crippen LogP contribution in [0.3, 0.4) is 0 Å². The van der Waals surface area contributed by atoms with Gasteiger partial charge in [0.15, 0.2) is 0 Å². The molecule has 0 radical (unpaired) electrons. The molecule has 0 fully saturated rings. The van der Waals surface area contributed by atoms with Gasteiger partial charge in [-0.05, 0) is 17.7 Å². The maximum absolute atomic E-state index is 5.19. The molecule has 64 valence electrons. The van der Waals surface area contributed by atoms with Gasteiger partial charge >= 0.3 is 0 Å². The number of nitrogens with two attached hydrogens (primary N) is 1. The average Bonchev–Trinajstić information content (AvgIpc) is 2.15. The van der Waals surface area contributed by atoms with Crippen LogP contribution in [0.15, 0.2) is 29.4 Å². The Bertz CT molecular complexity index is 256. The SMILES string of the molecule is CON=Cc1ccc(NN)cc1. The summed E-state index contributed by atoms with van der Waals surface area (Å²) in [5, 5.41) is 3.62. The number of rotatable bonds is 3. The van der Waals surface area contributed by atoms with E-state index in [9.17, 15) is 0 Å². The third-order valence-corrected chi connectivity index (χ3v) is 1.38. The number of hydrazine groups is 1. The number of hydrogen-bond acceptors (Lipinski definition) is 4. The predicted octanol–water partition coefficient (Wildman–Crippen LogP) is 0.953. The van der Waals surface area contributed by atoms with Gasteiger partial charge in [0.1, 0.15) is 7.11 Å². The Morgan fingerprint density at radius 1 is 1.42 bits per heavy atom. The second-order valence-corrected chi connectivity index (χ2v) is 2.18. The summed E-state index contributed by atoms with van der Waals surface area (Å²) in [6, 6.07) is 7.49. The van der Waals surface area contributed by atoms with E-state index in [1.54, 1.807) is 6.21 Å². The lowest BCUT2D eigenvalue weighted by Gasteiger charge is -1.98. The zero-order chi connectivity index (χ0) is 8.81. The molecule has 3 N–H and O–H groups in total. The molecule has 0 amide bonds. The Kier molecular flexibility index (Phi) is 3.10. The molecule has 0 saturated carbocycles. The fraction of sp³-hybridized carbons (Fsp3) is 0.125. The van der Waals surface area contributed by atoms with Gasteiger partial charge in [-0.3, -0.25) is 5.84 Å². The highest BCUT2D eigenvalue weighted by Gasteiger charge is 1.88. The van der Waals surface area contributed by atoms with Crippen molar-refractivity contribution in [3.05, 3.63) is 29.8 Å². The van der Waals surface area contributed by atoms with E-state index in [0.717, 1.165) is 11.3 Å². The summed E-state index contributed by atoms with van der Waals surface area (Å²) in [4.78, 5) is 4.53. The van der Waals surface area contributed by atoms with Crippen molar-refractivity contribution in [1.29, 1.82) is 0 Å². The summed E-state index contributed by atoms with van der Waals surface area (Å²) < 4.78 is 0. The summed E-state index contributed by atoms with van der Waals surface area (Å²) in [5.74, 6) is 5.19. The second-order valence-electron chi connectivity index (χ2n) is 2.18. The van der Waals surface area contributed by atoms with Gasteiger partial charge in [-0.2, -0.15) is 0 Å². The Labute approximate surface area is 71.0 Å². The minimum atomic E-state index is 0.865. The minimum absolute atomic E-state index is 0.865. The number of nitrogens with one attached hydrogen (secondary N) is 1. The van der Waals surface area contributed by atoms with Crippen molar-refractivity contribution in [3.63, 3.8) is 0 Å². The van der Waals surface area contributed by atoms with E-state index in [1.807, 2.05) is 24.3 Å². The number of oxime groups is 1. The van der Waals surface area contributed by atoms with Crippen molar-refractivity contribution in [2.75, 3.05) is 12.5 Å². The zero-order valence-corrected chi connectivity index (χ0v) is 6.82. The first kappa shape index (κ1) is 8.55. The lowest BCUT2D eigenvalue weighted by atomic mass is 10.2. The average molecular weight is 165 g/mol. The van der Waals surface area contributed by atoms with Crippen LogP contribution in [0, 0.1) is 0 Å². The third kappa shape index (κ3) is 2.25. The van der Waals surface area contributed by atoms with Crippen LogP contribution in [-0.2, 0) is 4.84 Å². The summed E-state index contributed by atoms with van der Waals surface area (Å²) in [5.41, 5.74) is 4.37. The quantitative estimate of drug-likeness (QED) is 0.398. The Hall–Kier alpha value is -1.55. The number of benzene rings is 1. The van der Waals surface area contributed by atoms with Crippen LogP contribution in [0.2, 0.25) is 0 Å². The van der Waals surface area contributed by atoms with Crippen LogP contribution in [0.5, 0.6) is 0 Å². The highest BCUT2D eigenvalue weighted by Crippen LogP contribution is 2.05. The van der Waals surface area contributed by atoms with Gasteiger partial charge in [0.05, 0.1) is 6.21 Å². The first-order valence-electron chi connectivity index (χ1n) is 3.50. The van der Waals surface area contributed by atoms with Crippen LogP contribution in [-0.4, -0.2) is 13.3 Å². The Morgan fingerprint density at radius 3 is 2.58 bits per heavy atom. The van der Waals surface area contributed by atoms with Crippen molar-refractivity contribution in [2.24, 2.45) is 11.0 Å². The Morgan fingerprint density at radius 2 is 2.08 bits per heavy atom. The van der Waals surface area contributed by atoms with E-state index in [0.29, 0.717) is 0 Å². The first-order valence-corrected chi connectivity index (χ1v) is 3.50. The van der Waals surface area contributed by atoms with E-state index >= 15 is 0 Å². The van der Waals surface area contributed by atoms with Gasteiger partial charge < -0.3 is 10.3 Å². The van der Waals surface area contributed by atoms with Gasteiger partial charge in [-0.15, -0.1) is 0 Å². The maximum Gasteiger partial charge on any atom is 0.106 e. The number of anilines is 1. The monoisotopic (exact) mass is 165 g/mol. The maximum atomic E-state index is 5.19. The normalized spacial score (nSPS) is 10.2. The Balaban J connectivity index is 2.71. The molecule has 1 rings (SSSR count). The van der Waals surface area contributed by atoms with E-state index < -0.39 is 0 Å². The molecular weight excluding hydrogens is 154 g/mol. The summed E-state index contributed by atoms with van der Waals surface area (Å²) in [7, 11) is 1.51. The number of nitrogen functional groups attached to an aromatic ring is 1. The van der Waals surface area contributed by atoms with Gasteiger partial charge in [0.25, 0.3) is 0 Å². The molecule has 1 aromatic carbocycles. The molecule has 0 aliphatic rings. The van der Waals surface area contributed by atoms with Gasteiger partial charge in [-0.25, -0.2) is 0 Å². The largest absolute Gasteiger partial charge is 0.399 e. The minimum Gasteiger partial charge on any atom is -0.399 e. The second kappa shape index (κ2) is 4.35. The molecule has 0 bridgehead atoms. The fourth-order valence-electron chi connectivity index (χ4n) is 0.779. The summed E-state index contributed by atoms with van der Waals surface area (Å²) >= 11 is 0. The third-order valence-electron chi connectivity index (χ3n) is 1.38. The van der Waals surface area contributed by atoms with E-state index in [2.05, 4.69) is 15.4 Å². The van der Waals surface area contributed by atoms with Crippen molar-refractivity contribution >= 4 is 11.9 Å². The molecule has 0 unspecified atom stereocenters. The molecule has 12 heavy (non-hydrogen) atoms. The van der Waals surface area contributed by atoms with E-state index in [1.165, 1.54) is 7.11 Å². The van der Waals surface area contributed by atoms with Crippen LogP contribution in [0.1, 0.15) is 5.56 Å². The van der Waals surface area contributed by atoms with Crippen LogP contribution in [0.25, 0.3) is 0 Å².